The zero-order valence-electron chi connectivity index (χ0n) is 6.42. The van der Waals surface area contributed by atoms with Crippen LogP contribution in [0.4, 0.5) is 0 Å². The van der Waals surface area contributed by atoms with Crippen molar-refractivity contribution in [2.24, 2.45) is 0 Å². The SMILES string of the molecule is Cl.OC[C@H]1N[C@H](CO)C(O)C1O. The quantitative estimate of drug-likeness (QED) is 0.338. The maximum atomic E-state index is 9.18. The van der Waals surface area contributed by atoms with Gasteiger partial charge >= 0.3 is 0 Å². The lowest BCUT2D eigenvalue weighted by molar-refractivity contribution is 0.0130. The van der Waals surface area contributed by atoms with Crippen molar-refractivity contribution in [1.82, 2.24) is 5.32 Å². The zero-order chi connectivity index (χ0) is 8.43. The van der Waals surface area contributed by atoms with Crippen molar-refractivity contribution in [3.63, 3.8) is 0 Å². The molecule has 1 rings (SSSR count). The van der Waals surface area contributed by atoms with Crippen molar-refractivity contribution in [2.75, 3.05) is 13.2 Å². The maximum Gasteiger partial charge on any atom is 0.0990 e. The third-order valence-corrected chi connectivity index (χ3v) is 2.00. The van der Waals surface area contributed by atoms with Crippen molar-refractivity contribution in [3.8, 4) is 0 Å². The monoisotopic (exact) mass is 199 g/mol. The Morgan fingerprint density at radius 3 is 1.42 bits per heavy atom. The van der Waals surface area contributed by atoms with Gasteiger partial charge in [0.1, 0.15) is 0 Å². The lowest BCUT2D eigenvalue weighted by Crippen LogP contribution is -2.37. The minimum atomic E-state index is -0.989. The van der Waals surface area contributed by atoms with Crippen molar-refractivity contribution in [2.45, 2.75) is 24.3 Å². The van der Waals surface area contributed by atoms with E-state index in [0.29, 0.717) is 0 Å². The molecule has 0 amide bonds. The Morgan fingerprint density at radius 2 is 1.25 bits per heavy atom. The Morgan fingerprint density at radius 1 is 0.917 bits per heavy atom. The normalized spacial score (nSPS) is 41.0. The molecule has 1 heterocycles. The van der Waals surface area contributed by atoms with E-state index in [9.17, 15) is 10.2 Å². The molecule has 2 unspecified atom stereocenters. The summed E-state index contributed by atoms with van der Waals surface area (Å²) in [5, 5.41) is 38.3. The number of hydrogen-bond donors (Lipinski definition) is 5. The number of hydrogen-bond acceptors (Lipinski definition) is 5. The summed E-state index contributed by atoms with van der Waals surface area (Å²) >= 11 is 0. The Hall–Kier alpha value is 0.0900. The minimum Gasteiger partial charge on any atom is -0.395 e. The summed E-state index contributed by atoms with van der Waals surface area (Å²) < 4.78 is 0. The highest BCUT2D eigenvalue weighted by molar-refractivity contribution is 5.85. The van der Waals surface area contributed by atoms with E-state index in [1.54, 1.807) is 0 Å². The largest absolute Gasteiger partial charge is 0.395 e. The van der Waals surface area contributed by atoms with Gasteiger partial charge in [-0.1, -0.05) is 0 Å². The molecule has 0 bridgehead atoms. The van der Waals surface area contributed by atoms with Crippen LogP contribution in [0.25, 0.3) is 0 Å². The van der Waals surface area contributed by atoms with E-state index in [2.05, 4.69) is 5.32 Å². The highest BCUT2D eigenvalue weighted by Gasteiger charge is 2.39. The third-order valence-electron chi connectivity index (χ3n) is 2.00. The van der Waals surface area contributed by atoms with Crippen molar-refractivity contribution < 1.29 is 20.4 Å². The summed E-state index contributed by atoms with van der Waals surface area (Å²) in [6.45, 7) is -0.483. The molecule has 1 aliphatic rings. The van der Waals surface area contributed by atoms with Crippen LogP contribution in [0.5, 0.6) is 0 Å². The minimum absolute atomic E-state index is 0. The number of aliphatic hydroxyl groups excluding tert-OH is 4. The lowest BCUT2D eigenvalue weighted by atomic mass is 10.1. The third kappa shape index (κ3) is 2.07. The predicted octanol–water partition coefficient (Wildman–Crippen LogP) is -2.54. The summed E-state index contributed by atoms with van der Waals surface area (Å²) in [6.07, 6.45) is -1.98. The topological polar surface area (TPSA) is 93.0 Å². The first kappa shape index (κ1) is 12.1. The number of aliphatic hydroxyl groups is 4. The molecule has 0 saturated carbocycles. The summed E-state index contributed by atoms with van der Waals surface area (Å²) in [7, 11) is 0. The Bertz CT molecular complexity index is 119. The smallest absolute Gasteiger partial charge is 0.0990 e. The molecule has 0 aromatic heterocycles. The van der Waals surface area contributed by atoms with Crippen LogP contribution >= 0.6 is 12.4 Å². The molecule has 5 nitrogen and oxygen atoms in total. The Labute approximate surface area is 76.4 Å². The van der Waals surface area contributed by atoms with Crippen molar-refractivity contribution >= 4 is 12.4 Å². The molecule has 4 atom stereocenters. The van der Waals surface area contributed by atoms with Gasteiger partial charge in [0.25, 0.3) is 0 Å². The molecule has 6 heteroatoms. The first-order valence-electron chi connectivity index (χ1n) is 3.54. The van der Waals surface area contributed by atoms with Gasteiger partial charge in [0, 0.05) is 0 Å². The van der Waals surface area contributed by atoms with Crippen LogP contribution in [0.2, 0.25) is 0 Å². The second-order valence-corrected chi connectivity index (χ2v) is 2.73. The van der Waals surface area contributed by atoms with E-state index in [1.165, 1.54) is 0 Å². The summed E-state index contributed by atoms with van der Waals surface area (Å²) in [6, 6.07) is -1.05. The molecule has 0 radical (unpaired) electrons. The first-order valence-corrected chi connectivity index (χ1v) is 3.54. The fraction of sp³-hybridized carbons (Fsp3) is 1.00. The van der Waals surface area contributed by atoms with Gasteiger partial charge in [-0.3, -0.25) is 0 Å². The molecule has 5 N–H and O–H groups in total. The molecular formula is C6H14ClNO4. The second kappa shape index (κ2) is 4.96. The zero-order valence-corrected chi connectivity index (χ0v) is 7.24. The molecule has 0 aromatic carbocycles. The van der Waals surface area contributed by atoms with Gasteiger partial charge in [0.2, 0.25) is 0 Å². The van der Waals surface area contributed by atoms with E-state index in [4.69, 9.17) is 10.2 Å². The van der Waals surface area contributed by atoms with E-state index in [-0.39, 0.29) is 25.6 Å². The van der Waals surface area contributed by atoms with E-state index >= 15 is 0 Å². The standard InChI is InChI=1S/C6H13NO4.ClH/c8-1-3-5(10)6(11)4(2-9)7-3;/h3-11H,1-2H2;1H/t3-,4-,5?,6?;/m1./s1. The predicted molar refractivity (Wildman–Crippen MR) is 44.1 cm³/mol. The van der Waals surface area contributed by atoms with Gasteiger partial charge < -0.3 is 25.7 Å². The van der Waals surface area contributed by atoms with Crippen LogP contribution in [0, 0.1) is 0 Å². The van der Waals surface area contributed by atoms with Gasteiger partial charge in [-0.05, 0) is 0 Å². The molecule has 0 spiro atoms. The molecule has 1 aliphatic heterocycles. The fourth-order valence-electron chi connectivity index (χ4n) is 1.27. The van der Waals surface area contributed by atoms with Gasteiger partial charge in [-0.25, -0.2) is 0 Å². The average molecular weight is 200 g/mol. The summed E-state index contributed by atoms with van der Waals surface area (Å²) in [5.41, 5.74) is 0. The molecule has 1 saturated heterocycles. The van der Waals surface area contributed by atoms with E-state index in [0.717, 1.165) is 0 Å². The molecule has 1 fully saturated rings. The number of rotatable bonds is 2. The first-order chi connectivity index (χ1) is 5.20. The number of nitrogens with one attached hydrogen (secondary N) is 1. The summed E-state index contributed by atoms with van der Waals surface area (Å²) in [5.74, 6) is 0. The van der Waals surface area contributed by atoms with E-state index < -0.39 is 24.3 Å². The molecule has 0 aromatic rings. The number of halogens is 1. The Kier molecular flexibility index (Phi) is 5.00. The highest BCUT2D eigenvalue weighted by atomic mass is 35.5. The average Bonchev–Trinajstić information content (AvgIpc) is 2.30. The molecule has 74 valence electrons. The van der Waals surface area contributed by atoms with Crippen LogP contribution in [0.1, 0.15) is 0 Å². The van der Waals surface area contributed by atoms with Gasteiger partial charge in [0.05, 0.1) is 37.5 Å². The van der Waals surface area contributed by atoms with E-state index in [1.807, 2.05) is 0 Å². The molecule has 12 heavy (non-hydrogen) atoms. The second-order valence-electron chi connectivity index (χ2n) is 2.73. The van der Waals surface area contributed by atoms with Gasteiger partial charge in [-0.15, -0.1) is 12.4 Å². The fourth-order valence-corrected chi connectivity index (χ4v) is 1.27. The highest BCUT2D eigenvalue weighted by Crippen LogP contribution is 2.13. The molecular weight excluding hydrogens is 186 g/mol. The summed E-state index contributed by atoms with van der Waals surface area (Å²) in [4.78, 5) is 0. The van der Waals surface area contributed by atoms with Crippen molar-refractivity contribution in [3.05, 3.63) is 0 Å². The van der Waals surface area contributed by atoms with Crippen LogP contribution in [-0.4, -0.2) is 57.9 Å². The van der Waals surface area contributed by atoms with Crippen LogP contribution < -0.4 is 5.32 Å². The van der Waals surface area contributed by atoms with Crippen LogP contribution in [-0.2, 0) is 0 Å². The Balaban J connectivity index is 0.00000121. The lowest BCUT2D eigenvalue weighted by Gasteiger charge is -2.12. The maximum absolute atomic E-state index is 9.18. The van der Waals surface area contributed by atoms with Crippen LogP contribution in [0.3, 0.4) is 0 Å². The molecule has 0 aliphatic carbocycles. The van der Waals surface area contributed by atoms with Crippen molar-refractivity contribution in [1.29, 1.82) is 0 Å². The van der Waals surface area contributed by atoms with Gasteiger partial charge in [0.15, 0.2) is 0 Å². The van der Waals surface area contributed by atoms with Gasteiger partial charge in [-0.2, -0.15) is 0 Å². The van der Waals surface area contributed by atoms with Crippen LogP contribution in [0.15, 0.2) is 0 Å².